The molecule has 2 aromatic rings. The number of carbonyl (C=O) groups is 2. The highest BCUT2D eigenvalue weighted by atomic mass is 19.1. The van der Waals surface area contributed by atoms with Crippen LogP contribution < -0.4 is 16.0 Å². The van der Waals surface area contributed by atoms with Crippen LogP contribution in [0.4, 0.5) is 26.6 Å². The minimum absolute atomic E-state index is 0.209. The second-order valence-corrected chi connectivity index (χ2v) is 10.1. The quantitative estimate of drug-likeness (QED) is 0.242. The van der Waals surface area contributed by atoms with Gasteiger partial charge >= 0.3 is 6.09 Å². The number of aromatic nitrogens is 2. The Morgan fingerprint density at radius 1 is 1.18 bits per heavy atom. The number of amides is 2. The highest BCUT2D eigenvalue weighted by Crippen LogP contribution is 2.18. The average molecular weight is 541 g/mol. The summed E-state index contributed by atoms with van der Waals surface area (Å²) in [5.74, 6) is 6.59. The Balaban J connectivity index is 1.94. The molecule has 2 rings (SSSR count). The molecule has 0 saturated carbocycles. The van der Waals surface area contributed by atoms with Crippen molar-refractivity contribution in [2.45, 2.75) is 78.4 Å². The number of unbranched alkanes of at least 4 members (excludes halogenated alkanes) is 1. The lowest BCUT2D eigenvalue weighted by atomic mass is 10.1. The Hall–Kier alpha value is -3.87. The number of carbonyl (C=O) groups excluding carboxylic acids is 2. The zero-order chi connectivity index (χ0) is 28.8. The molecule has 9 nitrogen and oxygen atoms in total. The topological polar surface area (TPSA) is 108 Å². The SMILES string of the molecule is CCCNc1nc(Nc2cccc(F)c2)ncc1C#CCCCNC(=O)[C@H](CCC)N(C)C(=O)OC(C)(C)C. The minimum atomic E-state index is -0.633. The molecule has 0 aliphatic heterocycles. The van der Waals surface area contributed by atoms with Crippen molar-refractivity contribution in [2.24, 2.45) is 0 Å². The van der Waals surface area contributed by atoms with Gasteiger partial charge in [0.2, 0.25) is 11.9 Å². The van der Waals surface area contributed by atoms with Crippen LogP contribution in [0.2, 0.25) is 0 Å². The summed E-state index contributed by atoms with van der Waals surface area (Å²) in [7, 11) is 1.59. The molecule has 39 heavy (non-hydrogen) atoms. The van der Waals surface area contributed by atoms with Gasteiger partial charge in [-0.15, -0.1) is 0 Å². The summed E-state index contributed by atoms with van der Waals surface area (Å²) in [6.07, 6.45) is 4.51. The molecule has 1 heterocycles. The summed E-state index contributed by atoms with van der Waals surface area (Å²) in [6, 6.07) is 5.49. The molecule has 212 valence electrons. The summed E-state index contributed by atoms with van der Waals surface area (Å²) >= 11 is 0. The van der Waals surface area contributed by atoms with E-state index in [1.165, 1.54) is 17.0 Å². The highest BCUT2D eigenvalue weighted by Gasteiger charge is 2.29. The van der Waals surface area contributed by atoms with Crippen molar-refractivity contribution < 1.29 is 18.7 Å². The minimum Gasteiger partial charge on any atom is -0.444 e. The lowest BCUT2D eigenvalue weighted by Crippen LogP contribution is -2.49. The van der Waals surface area contributed by atoms with Gasteiger partial charge in [-0.3, -0.25) is 9.69 Å². The van der Waals surface area contributed by atoms with Gasteiger partial charge < -0.3 is 20.7 Å². The number of likely N-dealkylation sites (N-methyl/N-ethyl adjacent to an activating group) is 1. The third kappa shape index (κ3) is 11.2. The maximum Gasteiger partial charge on any atom is 0.410 e. The Morgan fingerprint density at radius 2 is 1.95 bits per heavy atom. The molecule has 1 aromatic carbocycles. The molecule has 1 atom stereocenters. The molecule has 2 amide bonds. The first-order valence-electron chi connectivity index (χ1n) is 13.4. The summed E-state index contributed by atoms with van der Waals surface area (Å²) in [4.78, 5) is 35.4. The number of nitrogens with one attached hydrogen (secondary N) is 3. The van der Waals surface area contributed by atoms with E-state index in [2.05, 4.69) is 44.7 Å². The molecule has 3 N–H and O–H groups in total. The summed E-state index contributed by atoms with van der Waals surface area (Å²) in [5.41, 5.74) is 0.571. The monoisotopic (exact) mass is 540 g/mol. The van der Waals surface area contributed by atoms with Crippen LogP contribution in [-0.2, 0) is 9.53 Å². The van der Waals surface area contributed by atoms with E-state index in [1.807, 2.05) is 6.92 Å². The first-order chi connectivity index (χ1) is 18.5. The lowest BCUT2D eigenvalue weighted by Gasteiger charge is -2.30. The maximum absolute atomic E-state index is 13.5. The van der Waals surface area contributed by atoms with Crippen molar-refractivity contribution in [1.29, 1.82) is 0 Å². The molecular formula is C29H41FN6O3. The first-order valence-corrected chi connectivity index (χ1v) is 13.4. The Morgan fingerprint density at radius 3 is 2.62 bits per heavy atom. The zero-order valence-corrected chi connectivity index (χ0v) is 23.9. The van der Waals surface area contributed by atoms with Crippen molar-refractivity contribution in [2.75, 3.05) is 30.8 Å². The molecule has 10 heteroatoms. The van der Waals surface area contributed by atoms with Crippen LogP contribution in [-0.4, -0.2) is 58.6 Å². The molecule has 0 fully saturated rings. The normalized spacial score (nSPS) is 11.6. The molecule has 0 bridgehead atoms. The van der Waals surface area contributed by atoms with Crippen LogP contribution in [0.5, 0.6) is 0 Å². The number of nitrogens with zero attached hydrogens (tertiary/aromatic N) is 3. The summed E-state index contributed by atoms with van der Waals surface area (Å²) in [5, 5.41) is 9.17. The number of anilines is 3. The Labute approximate surface area is 231 Å². The van der Waals surface area contributed by atoms with Crippen molar-refractivity contribution in [3.05, 3.63) is 41.8 Å². The van der Waals surface area contributed by atoms with Crippen molar-refractivity contribution in [3.63, 3.8) is 0 Å². The number of ether oxygens (including phenoxy) is 1. The predicted molar refractivity (Wildman–Crippen MR) is 152 cm³/mol. The van der Waals surface area contributed by atoms with Crippen LogP contribution in [0.15, 0.2) is 30.5 Å². The molecule has 1 aromatic heterocycles. The highest BCUT2D eigenvalue weighted by molar-refractivity contribution is 5.85. The summed E-state index contributed by atoms with van der Waals surface area (Å²) < 4.78 is 18.9. The number of hydrogen-bond acceptors (Lipinski definition) is 7. The molecule has 0 spiro atoms. The predicted octanol–water partition coefficient (Wildman–Crippen LogP) is 5.46. The van der Waals surface area contributed by atoms with E-state index in [1.54, 1.807) is 46.1 Å². The van der Waals surface area contributed by atoms with Gasteiger partial charge in [0.1, 0.15) is 23.3 Å². The number of benzene rings is 1. The van der Waals surface area contributed by atoms with Crippen molar-refractivity contribution in [3.8, 4) is 11.8 Å². The average Bonchev–Trinajstić information content (AvgIpc) is 2.87. The molecule has 0 radical (unpaired) electrons. The molecular weight excluding hydrogens is 499 g/mol. The van der Waals surface area contributed by atoms with E-state index in [0.717, 1.165) is 12.8 Å². The Kier molecular flexibility index (Phi) is 12.5. The van der Waals surface area contributed by atoms with Crippen LogP contribution in [0.3, 0.4) is 0 Å². The van der Waals surface area contributed by atoms with E-state index in [4.69, 9.17) is 4.74 Å². The lowest BCUT2D eigenvalue weighted by molar-refractivity contribution is -0.126. The zero-order valence-electron chi connectivity index (χ0n) is 23.9. The smallest absolute Gasteiger partial charge is 0.410 e. The maximum atomic E-state index is 13.5. The molecule has 0 aliphatic carbocycles. The molecule has 0 aliphatic rings. The third-order valence-electron chi connectivity index (χ3n) is 5.43. The van der Waals surface area contributed by atoms with Gasteiger partial charge in [0.05, 0.1) is 11.8 Å². The van der Waals surface area contributed by atoms with Crippen LogP contribution in [0, 0.1) is 17.7 Å². The van der Waals surface area contributed by atoms with Gasteiger partial charge in [-0.1, -0.05) is 38.2 Å². The van der Waals surface area contributed by atoms with E-state index in [9.17, 15) is 14.0 Å². The van der Waals surface area contributed by atoms with E-state index in [0.29, 0.717) is 55.4 Å². The Bertz CT molecular complexity index is 1160. The van der Waals surface area contributed by atoms with Crippen LogP contribution in [0.1, 0.15) is 72.3 Å². The molecule has 0 saturated heterocycles. The van der Waals surface area contributed by atoms with Crippen LogP contribution >= 0.6 is 0 Å². The van der Waals surface area contributed by atoms with Gasteiger partial charge in [-0.05, 0) is 58.2 Å². The number of rotatable bonds is 12. The van der Waals surface area contributed by atoms with Gasteiger partial charge in [0.15, 0.2) is 0 Å². The fourth-order valence-corrected chi connectivity index (χ4v) is 3.51. The fourth-order valence-electron chi connectivity index (χ4n) is 3.51. The van der Waals surface area contributed by atoms with Gasteiger partial charge in [0.25, 0.3) is 0 Å². The number of hydrogen-bond donors (Lipinski definition) is 3. The van der Waals surface area contributed by atoms with E-state index < -0.39 is 17.7 Å². The van der Waals surface area contributed by atoms with Crippen molar-refractivity contribution >= 4 is 29.5 Å². The number of halogens is 1. The van der Waals surface area contributed by atoms with Gasteiger partial charge in [-0.2, -0.15) is 4.98 Å². The standard InChI is InChI=1S/C29H41FN6O3/c1-7-13-24(36(6)28(38)39-29(3,4)5)26(37)32-18-11-9-10-14-21-20-33-27(35-25(21)31-17-8-2)34-23-16-12-15-22(30)19-23/h12,15-16,19-20,24H,7-9,11,13,17-18H2,1-6H3,(H,32,37)(H2,31,33,34,35)/t24-/m0/s1. The second kappa shape index (κ2) is 15.5. The van der Waals surface area contributed by atoms with E-state index in [-0.39, 0.29) is 11.7 Å². The largest absolute Gasteiger partial charge is 0.444 e. The van der Waals surface area contributed by atoms with Crippen LogP contribution in [0.25, 0.3) is 0 Å². The summed E-state index contributed by atoms with van der Waals surface area (Å²) in [6.45, 7) is 10.6. The third-order valence-corrected chi connectivity index (χ3v) is 5.43. The fraction of sp³-hybridized carbons (Fsp3) is 0.517. The molecule has 0 unspecified atom stereocenters. The first kappa shape index (κ1) is 31.3. The van der Waals surface area contributed by atoms with Crippen molar-refractivity contribution in [1.82, 2.24) is 20.2 Å². The van der Waals surface area contributed by atoms with Gasteiger partial charge in [-0.25, -0.2) is 14.2 Å². The van der Waals surface area contributed by atoms with Gasteiger partial charge in [0, 0.05) is 32.2 Å². The van der Waals surface area contributed by atoms with E-state index >= 15 is 0 Å². The second-order valence-electron chi connectivity index (χ2n) is 10.1.